The monoisotopic (exact) mass is 306 g/mol. The molecule has 0 amide bonds. The number of methoxy groups -OCH3 is 2. The van der Waals surface area contributed by atoms with Gasteiger partial charge in [-0.15, -0.1) is 0 Å². The molecular weight excluding hydrogens is 272 g/mol. The Balaban J connectivity index is 3.13. The van der Waals surface area contributed by atoms with E-state index in [2.05, 4.69) is 39.0 Å². The fourth-order valence-electron chi connectivity index (χ4n) is 3.44. The summed E-state index contributed by atoms with van der Waals surface area (Å²) in [6, 6.07) is 0. The molecule has 0 aromatic rings. The van der Waals surface area contributed by atoms with E-state index in [1.807, 2.05) is 0 Å². The number of allylic oxidation sites excluding steroid dienone is 4. The Morgan fingerprint density at radius 2 is 1.55 bits per heavy atom. The molecule has 126 valence electrons. The highest BCUT2D eigenvalue weighted by Crippen LogP contribution is 2.49. The van der Waals surface area contributed by atoms with Gasteiger partial charge in [-0.25, -0.2) is 0 Å². The average molecular weight is 306 g/mol. The maximum atomic E-state index is 5.68. The van der Waals surface area contributed by atoms with E-state index in [4.69, 9.17) is 9.47 Å². The summed E-state index contributed by atoms with van der Waals surface area (Å²) in [4.78, 5) is 0. The summed E-state index contributed by atoms with van der Waals surface area (Å²) in [7, 11) is 3.49. The third-order valence-corrected chi connectivity index (χ3v) is 4.62. The molecular formula is C20H34O2. The van der Waals surface area contributed by atoms with Crippen molar-refractivity contribution in [3.05, 3.63) is 35.3 Å². The van der Waals surface area contributed by atoms with Crippen molar-refractivity contribution in [3.63, 3.8) is 0 Å². The second-order valence-corrected chi connectivity index (χ2v) is 6.23. The molecule has 0 bridgehead atoms. The van der Waals surface area contributed by atoms with Crippen molar-refractivity contribution in [1.29, 1.82) is 0 Å². The number of hydrogen-bond acceptors (Lipinski definition) is 2. The lowest BCUT2D eigenvalue weighted by molar-refractivity contribution is 0.221. The largest absolute Gasteiger partial charge is 0.493 e. The zero-order valence-corrected chi connectivity index (χ0v) is 15.2. The number of hydrogen-bond donors (Lipinski definition) is 0. The molecule has 0 aliphatic heterocycles. The van der Waals surface area contributed by atoms with Gasteiger partial charge < -0.3 is 9.47 Å². The summed E-state index contributed by atoms with van der Waals surface area (Å²) >= 11 is 0. The van der Waals surface area contributed by atoms with E-state index in [9.17, 15) is 0 Å². The fraction of sp³-hybridized carbons (Fsp3) is 0.700. The first kappa shape index (κ1) is 18.9. The Morgan fingerprint density at radius 3 is 1.95 bits per heavy atom. The minimum Gasteiger partial charge on any atom is -0.493 e. The van der Waals surface area contributed by atoms with Gasteiger partial charge >= 0.3 is 0 Å². The van der Waals surface area contributed by atoms with Crippen LogP contribution in [-0.4, -0.2) is 14.2 Å². The first-order chi connectivity index (χ1) is 10.7. The van der Waals surface area contributed by atoms with Gasteiger partial charge in [-0.2, -0.15) is 0 Å². The van der Waals surface area contributed by atoms with Crippen LogP contribution in [0.3, 0.4) is 0 Å². The van der Waals surface area contributed by atoms with Crippen LogP contribution < -0.4 is 0 Å². The van der Waals surface area contributed by atoms with Crippen LogP contribution >= 0.6 is 0 Å². The Morgan fingerprint density at radius 1 is 0.955 bits per heavy atom. The fourth-order valence-corrected chi connectivity index (χ4v) is 3.44. The summed E-state index contributed by atoms with van der Waals surface area (Å²) in [5.74, 6) is 1.83. The third kappa shape index (κ3) is 4.41. The summed E-state index contributed by atoms with van der Waals surface area (Å²) in [5.41, 5.74) is 1.40. The molecule has 1 aliphatic carbocycles. The van der Waals surface area contributed by atoms with Gasteiger partial charge in [0.15, 0.2) is 11.5 Å². The molecule has 0 N–H and O–H groups in total. The summed E-state index contributed by atoms with van der Waals surface area (Å²) in [6.07, 6.45) is 16.6. The Hall–Kier alpha value is -1.18. The Bertz CT molecular complexity index is 405. The zero-order valence-electron chi connectivity index (χ0n) is 15.2. The van der Waals surface area contributed by atoms with Crippen LogP contribution in [0.1, 0.15) is 72.1 Å². The Kier molecular flexibility index (Phi) is 8.37. The van der Waals surface area contributed by atoms with Crippen molar-refractivity contribution in [1.82, 2.24) is 0 Å². The molecule has 0 aromatic carbocycles. The van der Waals surface area contributed by atoms with Gasteiger partial charge in [0, 0.05) is 11.0 Å². The normalized spacial score (nSPS) is 17.2. The second kappa shape index (κ2) is 9.76. The number of unbranched alkanes of at least 4 members (excludes halogenated alkanes) is 4. The van der Waals surface area contributed by atoms with Crippen molar-refractivity contribution >= 4 is 0 Å². The van der Waals surface area contributed by atoms with E-state index < -0.39 is 0 Å². The van der Waals surface area contributed by atoms with Gasteiger partial charge in [0.1, 0.15) is 0 Å². The standard InChI is InChI=1S/C20H34O2/c1-6-9-11-14-20(15-12-10-7-2)16-18(21-4)19(22-5)17(20)13-8-3/h8,13,16H,6-7,9-12,14-15H2,1-5H3/b13-8+. The number of rotatable bonds is 11. The molecule has 0 saturated heterocycles. The minimum atomic E-state index is 0.0908. The van der Waals surface area contributed by atoms with E-state index >= 15 is 0 Å². The van der Waals surface area contributed by atoms with Gasteiger partial charge in [-0.3, -0.25) is 0 Å². The van der Waals surface area contributed by atoms with E-state index in [1.54, 1.807) is 14.2 Å². The molecule has 0 atom stereocenters. The van der Waals surface area contributed by atoms with Crippen molar-refractivity contribution in [2.75, 3.05) is 14.2 Å². The summed E-state index contributed by atoms with van der Waals surface area (Å²) < 4.78 is 11.3. The molecule has 1 rings (SSSR count). The van der Waals surface area contributed by atoms with Crippen molar-refractivity contribution in [3.8, 4) is 0 Å². The van der Waals surface area contributed by atoms with Crippen LogP contribution in [0.25, 0.3) is 0 Å². The maximum Gasteiger partial charge on any atom is 0.164 e. The van der Waals surface area contributed by atoms with Gasteiger partial charge in [0.25, 0.3) is 0 Å². The summed E-state index contributed by atoms with van der Waals surface area (Å²) in [6.45, 7) is 6.60. The molecule has 22 heavy (non-hydrogen) atoms. The van der Waals surface area contributed by atoms with Crippen LogP contribution in [0.15, 0.2) is 35.3 Å². The first-order valence-electron chi connectivity index (χ1n) is 8.87. The number of ether oxygens (including phenoxy) is 2. The molecule has 0 radical (unpaired) electrons. The SMILES string of the molecule is C/C=C/C1=C(OC)C(OC)=CC1(CCCCC)CCCCC. The molecule has 0 aromatic heterocycles. The lowest BCUT2D eigenvalue weighted by Gasteiger charge is -2.30. The second-order valence-electron chi connectivity index (χ2n) is 6.23. The minimum absolute atomic E-state index is 0.0908. The van der Waals surface area contributed by atoms with Gasteiger partial charge in [0.05, 0.1) is 14.2 Å². The third-order valence-electron chi connectivity index (χ3n) is 4.62. The predicted octanol–water partition coefficient (Wildman–Crippen LogP) is 6.15. The lowest BCUT2D eigenvalue weighted by Crippen LogP contribution is -2.19. The maximum absolute atomic E-state index is 5.68. The van der Waals surface area contributed by atoms with Crippen LogP contribution in [0, 0.1) is 5.41 Å². The molecule has 0 unspecified atom stereocenters. The Labute approximate surface area is 137 Å². The quantitative estimate of drug-likeness (QED) is 0.426. The highest BCUT2D eigenvalue weighted by Gasteiger charge is 2.39. The van der Waals surface area contributed by atoms with E-state index in [0.717, 1.165) is 11.5 Å². The first-order valence-corrected chi connectivity index (χ1v) is 8.87. The molecule has 1 aliphatic rings. The van der Waals surface area contributed by atoms with Crippen molar-refractivity contribution in [2.24, 2.45) is 5.41 Å². The summed E-state index contributed by atoms with van der Waals surface area (Å²) in [5, 5.41) is 0. The average Bonchev–Trinajstić information content (AvgIpc) is 2.82. The van der Waals surface area contributed by atoms with Gasteiger partial charge in [0.2, 0.25) is 0 Å². The van der Waals surface area contributed by atoms with Gasteiger partial charge in [-0.1, -0.05) is 64.5 Å². The molecule has 0 spiro atoms. The van der Waals surface area contributed by atoms with Gasteiger partial charge in [-0.05, 0) is 25.8 Å². The lowest BCUT2D eigenvalue weighted by atomic mass is 9.73. The zero-order chi connectivity index (χ0) is 16.4. The molecule has 0 fully saturated rings. The molecule has 0 saturated carbocycles. The molecule has 2 nitrogen and oxygen atoms in total. The highest BCUT2D eigenvalue weighted by molar-refractivity contribution is 5.48. The van der Waals surface area contributed by atoms with E-state index in [-0.39, 0.29) is 5.41 Å². The molecule has 0 heterocycles. The van der Waals surface area contributed by atoms with Crippen LogP contribution in [0.5, 0.6) is 0 Å². The van der Waals surface area contributed by atoms with Crippen LogP contribution in [0.2, 0.25) is 0 Å². The highest BCUT2D eigenvalue weighted by atomic mass is 16.5. The van der Waals surface area contributed by atoms with E-state index in [1.165, 1.54) is 56.9 Å². The van der Waals surface area contributed by atoms with Crippen molar-refractivity contribution < 1.29 is 9.47 Å². The van der Waals surface area contributed by atoms with E-state index in [0.29, 0.717) is 0 Å². The van der Waals surface area contributed by atoms with Crippen LogP contribution in [-0.2, 0) is 9.47 Å². The van der Waals surface area contributed by atoms with Crippen LogP contribution in [0.4, 0.5) is 0 Å². The predicted molar refractivity (Wildman–Crippen MR) is 94.7 cm³/mol. The smallest absolute Gasteiger partial charge is 0.164 e. The van der Waals surface area contributed by atoms with Crippen molar-refractivity contribution in [2.45, 2.75) is 72.1 Å². The topological polar surface area (TPSA) is 18.5 Å². The molecule has 2 heteroatoms.